The molecule has 2 aliphatic carbocycles. The van der Waals surface area contributed by atoms with Crippen LogP contribution in [0.5, 0.6) is 0 Å². The number of aromatic nitrogens is 5. The summed E-state index contributed by atoms with van der Waals surface area (Å²) in [6.45, 7) is 3.56. The summed E-state index contributed by atoms with van der Waals surface area (Å²) in [7, 11) is 2.10. The number of imidazole rings is 1. The van der Waals surface area contributed by atoms with Crippen molar-refractivity contribution in [3.63, 3.8) is 0 Å². The molecule has 6 N–H and O–H groups in total. The van der Waals surface area contributed by atoms with Crippen LogP contribution in [0.15, 0.2) is 61.1 Å². The van der Waals surface area contributed by atoms with Crippen molar-refractivity contribution in [1.82, 2.24) is 29.4 Å². The molecule has 0 unspecified atom stereocenters. The number of benzene rings is 2. The predicted octanol–water partition coefficient (Wildman–Crippen LogP) is 4.14. The molecule has 0 bridgehead atoms. The lowest BCUT2D eigenvalue weighted by Crippen LogP contribution is -2.52. The third-order valence-electron chi connectivity index (χ3n) is 12.6. The lowest BCUT2D eigenvalue weighted by molar-refractivity contribution is -0.134. The van der Waals surface area contributed by atoms with Crippen molar-refractivity contribution in [2.75, 3.05) is 51.1 Å². The highest BCUT2D eigenvalue weighted by atomic mass is 16.5. The number of amides is 1. The number of nitrogens with one attached hydrogen (secondary N) is 2. The van der Waals surface area contributed by atoms with Gasteiger partial charge in [-0.15, -0.1) is 0 Å². The monoisotopic (exact) mass is 720 g/mol. The average Bonchev–Trinajstić information content (AvgIpc) is 3.75. The van der Waals surface area contributed by atoms with Crippen LogP contribution in [-0.2, 0) is 20.7 Å². The second kappa shape index (κ2) is 13.8. The highest BCUT2D eigenvalue weighted by molar-refractivity contribution is 5.91. The van der Waals surface area contributed by atoms with E-state index in [2.05, 4.69) is 50.4 Å². The number of carbonyl (C=O) groups excluding carboxylic acids is 1. The maximum absolute atomic E-state index is 13.6. The summed E-state index contributed by atoms with van der Waals surface area (Å²) >= 11 is 0. The Bertz CT molecular complexity index is 2100. The number of aliphatic hydroxyl groups is 2. The Hall–Kier alpha value is -4.40. The van der Waals surface area contributed by atoms with E-state index in [1.165, 1.54) is 17.5 Å². The summed E-state index contributed by atoms with van der Waals surface area (Å²) in [4.78, 5) is 32.8. The van der Waals surface area contributed by atoms with Gasteiger partial charge in [-0.2, -0.15) is 0 Å². The van der Waals surface area contributed by atoms with Crippen LogP contribution in [0.2, 0.25) is 0 Å². The van der Waals surface area contributed by atoms with Crippen LogP contribution in [-0.4, -0.2) is 103 Å². The summed E-state index contributed by atoms with van der Waals surface area (Å²) in [5.74, 6) is 2.13. The van der Waals surface area contributed by atoms with Gasteiger partial charge in [0.25, 0.3) is 0 Å². The van der Waals surface area contributed by atoms with E-state index in [9.17, 15) is 15.0 Å². The van der Waals surface area contributed by atoms with Crippen molar-refractivity contribution in [2.24, 2.45) is 11.8 Å². The van der Waals surface area contributed by atoms with Crippen molar-refractivity contribution < 1.29 is 24.5 Å². The van der Waals surface area contributed by atoms with Gasteiger partial charge in [0.2, 0.25) is 5.91 Å². The molecule has 2 saturated carbocycles. The first-order chi connectivity index (χ1) is 25.7. The predicted molar refractivity (Wildman–Crippen MR) is 200 cm³/mol. The number of rotatable bonds is 12. The molecule has 13 heteroatoms. The van der Waals surface area contributed by atoms with Crippen molar-refractivity contribution in [1.29, 1.82) is 0 Å². The van der Waals surface area contributed by atoms with Crippen molar-refractivity contribution >= 4 is 39.5 Å². The van der Waals surface area contributed by atoms with Gasteiger partial charge in [-0.3, -0.25) is 4.79 Å². The second-order valence-electron chi connectivity index (χ2n) is 15.9. The van der Waals surface area contributed by atoms with Gasteiger partial charge in [0, 0.05) is 48.6 Å². The number of nitrogens with zero attached hydrogens (tertiary/aromatic N) is 5. The first-order valence-electron chi connectivity index (χ1n) is 18.9. The molecule has 4 atom stereocenters. The first-order valence-corrected chi connectivity index (χ1v) is 18.9. The third kappa shape index (κ3) is 6.48. The summed E-state index contributed by atoms with van der Waals surface area (Å²) in [6.07, 6.45) is 6.34. The number of aromatic amines is 1. The lowest BCUT2D eigenvalue weighted by atomic mass is 9.76. The van der Waals surface area contributed by atoms with Crippen LogP contribution >= 0.6 is 0 Å². The van der Waals surface area contributed by atoms with E-state index in [0.717, 1.165) is 55.8 Å². The van der Waals surface area contributed by atoms with E-state index in [1.807, 2.05) is 41.1 Å². The number of hydrogen-bond donors (Lipinski definition) is 5. The Morgan fingerprint density at radius 2 is 1.77 bits per heavy atom. The fourth-order valence-corrected chi connectivity index (χ4v) is 8.95. The maximum atomic E-state index is 13.6. The highest BCUT2D eigenvalue weighted by Crippen LogP contribution is 2.47. The fourth-order valence-electron chi connectivity index (χ4n) is 8.95. The zero-order valence-corrected chi connectivity index (χ0v) is 30.0. The lowest BCUT2D eigenvalue weighted by Gasteiger charge is -2.44. The van der Waals surface area contributed by atoms with Gasteiger partial charge >= 0.3 is 0 Å². The molecular weight excluding hydrogens is 672 g/mol. The molecule has 53 heavy (non-hydrogen) atoms. The Labute approximate surface area is 307 Å². The second-order valence-corrected chi connectivity index (χ2v) is 15.9. The van der Waals surface area contributed by atoms with E-state index in [4.69, 9.17) is 20.2 Å². The quantitative estimate of drug-likeness (QED) is 0.126. The van der Waals surface area contributed by atoms with Gasteiger partial charge in [0.05, 0.1) is 55.3 Å². The minimum atomic E-state index is -1.67. The normalized spacial score (nSPS) is 27.6. The minimum absolute atomic E-state index is 0.238. The summed E-state index contributed by atoms with van der Waals surface area (Å²) in [6, 6.07) is 16.0. The smallest absolute Gasteiger partial charge is 0.227 e. The van der Waals surface area contributed by atoms with E-state index in [1.54, 1.807) is 0 Å². The topological polar surface area (TPSA) is 177 Å². The summed E-state index contributed by atoms with van der Waals surface area (Å²) in [5.41, 5.74) is 10.3. The van der Waals surface area contributed by atoms with Crippen LogP contribution in [0.3, 0.4) is 0 Å². The molecule has 2 aromatic carbocycles. The molecule has 4 aliphatic rings. The number of H-pyrrole nitrogens is 1. The van der Waals surface area contributed by atoms with Crippen molar-refractivity contribution in [3.8, 4) is 0 Å². The molecule has 0 radical (unpaired) electrons. The number of carbonyl (C=O) groups is 1. The Morgan fingerprint density at radius 1 is 1.04 bits per heavy atom. The standard InChI is InChI=1S/C40H48N8O5/c1-47(30-12-23(13-30)2-9-35-45-32-8-5-25(14-33(32)46-35)27-20-53-21-27)17-28-15-34(48-11-10-31-38(41)42-22-43-39(31)48)37(50)40(28,51)16-36(49)44-29-6-3-24(4-7-29)26-18-52-19-26/h3-8,10-11,14,22-23,26-28,30,34,37,50-51H,2,9,12-13,15-21H2,1H3,(H,44,49)(H,45,46)(H2,41,42,43)/t23?,28-,30?,34-,37+,40+/m1/s1. The van der Waals surface area contributed by atoms with Crippen LogP contribution in [0.25, 0.3) is 22.1 Å². The molecule has 3 aromatic heterocycles. The van der Waals surface area contributed by atoms with E-state index < -0.39 is 17.7 Å². The molecule has 2 aliphatic heterocycles. The van der Waals surface area contributed by atoms with Crippen molar-refractivity contribution in [3.05, 3.63) is 78.0 Å². The summed E-state index contributed by atoms with van der Waals surface area (Å²) < 4.78 is 12.6. The Balaban J connectivity index is 0.859. The number of anilines is 2. The molecular formula is C40H48N8O5. The zero-order chi connectivity index (χ0) is 36.3. The number of ether oxygens (including phenoxy) is 2. The number of nitrogens with two attached hydrogens (primary N) is 1. The number of hydrogen-bond acceptors (Lipinski definition) is 10. The van der Waals surface area contributed by atoms with Gasteiger partial charge in [-0.25, -0.2) is 15.0 Å². The van der Waals surface area contributed by atoms with Gasteiger partial charge < -0.3 is 45.2 Å². The van der Waals surface area contributed by atoms with Gasteiger partial charge in [0.1, 0.15) is 35.3 Å². The van der Waals surface area contributed by atoms with Crippen LogP contribution < -0.4 is 11.1 Å². The largest absolute Gasteiger partial charge is 0.388 e. The molecule has 9 rings (SSSR count). The maximum Gasteiger partial charge on any atom is 0.227 e. The van der Waals surface area contributed by atoms with E-state index in [0.29, 0.717) is 72.5 Å². The highest BCUT2D eigenvalue weighted by Gasteiger charge is 2.56. The molecule has 1 amide bonds. The number of nitrogen functional groups attached to an aromatic ring is 1. The van der Waals surface area contributed by atoms with E-state index in [-0.39, 0.29) is 18.2 Å². The molecule has 278 valence electrons. The molecule has 5 aromatic rings. The van der Waals surface area contributed by atoms with Gasteiger partial charge in [0.15, 0.2) is 0 Å². The Morgan fingerprint density at radius 3 is 2.51 bits per heavy atom. The third-order valence-corrected chi connectivity index (χ3v) is 12.6. The van der Waals surface area contributed by atoms with Crippen LogP contribution in [0.4, 0.5) is 11.5 Å². The Kier molecular flexibility index (Phi) is 8.94. The SMILES string of the molecule is CN(C[C@H]1C[C@@H](n2ccc3c(N)ncnc32)[C@H](O)[C@]1(O)CC(=O)Nc1ccc(C2COC2)cc1)C1CC(CCc2nc3ccc(C4COC4)cc3[nH]2)C1. The van der Waals surface area contributed by atoms with Crippen molar-refractivity contribution in [2.45, 2.75) is 74.1 Å². The number of aliphatic hydroxyl groups excluding tert-OH is 1. The molecule has 2 saturated heterocycles. The summed E-state index contributed by atoms with van der Waals surface area (Å²) in [5, 5.41) is 28.0. The zero-order valence-electron chi connectivity index (χ0n) is 30.0. The molecule has 4 fully saturated rings. The van der Waals surface area contributed by atoms with E-state index >= 15 is 0 Å². The first kappa shape index (κ1) is 34.4. The number of fused-ring (bicyclic) bond motifs is 2. The van der Waals surface area contributed by atoms with Gasteiger partial charge in [-0.1, -0.05) is 18.2 Å². The van der Waals surface area contributed by atoms with Gasteiger partial charge in [-0.05, 0) is 80.1 Å². The van der Waals surface area contributed by atoms with Crippen LogP contribution in [0.1, 0.15) is 66.9 Å². The molecule has 13 nitrogen and oxygen atoms in total. The fraction of sp³-hybridized carbons (Fsp3) is 0.500. The molecule has 5 heterocycles. The van der Waals surface area contributed by atoms with Crippen LogP contribution in [0, 0.1) is 11.8 Å². The number of aryl methyl sites for hydroxylation is 1. The average molecular weight is 721 g/mol. The minimum Gasteiger partial charge on any atom is -0.388 e. The molecule has 0 spiro atoms.